The van der Waals surface area contributed by atoms with Crippen molar-refractivity contribution in [3.05, 3.63) is 74.7 Å². The summed E-state index contributed by atoms with van der Waals surface area (Å²) < 4.78 is 0. The monoisotopic (exact) mass is 511 g/mol. The molecule has 1 fully saturated rings. The van der Waals surface area contributed by atoms with Crippen molar-refractivity contribution in [1.82, 2.24) is 20.4 Å². The number of halogens is 1. The molecule has 2 amide bonds. The number of hydrogen-bond acceptors (Lipinski definition) is 6. The van der Waals surface area contributed by atoms with Gasteiger partial charge in [0.2, 0.25) is 10.9 Å². The highest BCUT2D eigenvalue weighted by atomic mass is 35.5. The first-order valence-electron chi connectivity index (χ1n) is 11.8. The second kappa shape index (κ2) is 11.3. The molecule has 184 valence electrons. The zero-order chi connectivity index (χ0) is 24.9. The minimum atomic E-state index is -0.285. The lowest BCUT2D eigenvalue weighted by Crippen LogP contribution is -2.37. The smallest absolute Gasteiger partial charge is 0.282 e. The molecule has 1 unspecified atom stereocenters. The second-order valence-corrected chi connectivity index (χ2v) is 10.7. The highest BCUT2D eigenvalue weighted by molar-refractivity contribution is 7.13. The quantitative estimate of drug-likeness (QED) is 0.462. The van der Waals surface area contributed by atoms with Gasteiger partial charge in [0.05, 0.1) is 6.04 Å². The molecule has 0 spiro atoms. The Morgan fingerprint density at radius 2 is 1.80 bits per heavy atom. The van der Waals surface area contributed by atoms with Crippen LogP contribution >= 0.6 is 22.9 Å². The van der Waals surface area contributed by atoms with Gasteiger partial charge in [-0.1, -0.05) is 47.2 Å². The van der Waals surface area contributed by atoms with Crippen LogP contribution in [0.1, 0.15) is 46.2 Å². The van der Waals surface area contributed by atoms with Gasteiger partial charge in [-0.25, -0.2) is 0 Å². The van der Waals surface area contributed by atoms with Gasteiger partial charge < -0.3 is 10.2 Å². The number of nitrogens with one attached hydrogen (secondary N) is 1. The van der Waals surface area contributed by atoms with Crippen molar-refractivity contribution in [2.24, 2.45) is 0 Å². The van der Waals surface area contributed by atoms with E-state index in [0.717, 1.165) is 29.2 Å². The minimum Gasteiger partial charge on any atom is -0.345 e. The Bertz CT molecular complexity index is 1160. The van der Waals surface area contributed by atoms with Crippen LogP contribution in [0.2, 0.25) is 5.02 Å². The van der Waals surface area contributed by atoms with Crippen LogP contribution in [0.5, 0.6) is 0 Å². The Labute approximate surface area is 215 Å². The lowest BCUT2D eigenvalue weighted by Gasteiger charge is -2.22. The first-order valence-corrected chi connectivity index (χ1v) is 12.9. The van der Waals surface area contributed by atoms with Gasteiger partial charge in [0.15, 0.2) is 0 Å². The predicted octanol–water partition coefficient (Wildman–Crippen LogP) is 4.35. The molecule has 1 aromatic heterocycles. The molecule has 1 N–H and O–H groups in total. The number of rotatable bonds is 9. The molecule has 0 saturated carbocycles. The Balaban J connectivity index is 1.30. The summed E-state index contributed by atoms with van der Waals surface area (Å²) in [4.78, 5) is 29.4. The molecule has 4 rings (SSSR count). The van der Waals surface area contributed by atoms with Crippen LogP contribution in [0.15, 0.2) is 48.5 Å². The van der Waals surface area contributed by atoms with Gasteiger partial charge in [-0.3, -0.25) is 14.5 Å². The topological polar surface area (TPSA) is 78.4 Å². The maximum atomic E-state index is 12.7. The Hall–Kier alpha value is -2.81. The Morgan fingerprint density at radius 1 is 1.11 bits per heavy atom. The van der Waals surface area contributed by atoms with E-state index < -0.39 is 0 Å². The van der Waals surface area contributed by atoms with Gasteiger partial charge in [-0.05, 0) is 62.7 Å². The number of carbonyl (C=O) groups is 2. The number of anilines is 1. The highest BCUT2D eigenvalue weighted by Crippen LogP contribution is 2.23. The molecule has 1 saturated heterocycles. The van der Waals surface area contributed by atoms with Gasteiger partial charge in [0, 0.05) is 42.7 Å². The molecule has 1 aliphatic rings. The van der Waals surface area contributed by atoms with E-state index in [1.54, 1.807) is 4.90 Å². The molecule has 1 aliphatic heterocycles. The summed E-state index contributed by atoms with van der Waals surface area (Å²) in [5, 5.41) is 13.0. The standard InChI is InChI=1S/C26H30ClN5O2S/c1-17(2)31(3)15-19-6-11-22(12-7-19)32-16-21(14-24(32)33)28-25(34)26-30-29-23(35-26)13-8-18-4-9-20(27)10-5-18/h4-7,9-12,17,21H,8,13-16H2,1-3H3,(H,28,34). The van der Waals surface area contributed by atoms with Crippen LogP contribution < -0.4 is 10.2 Å². The molecule has 2 aromatic carbocycles. The predicted molar refractivity (Wildman–Crippen MR) is 140 cm³/mol. The zero-order valence-corrected chi connectivity index (χ0v) is 21.8. The Kier molecular flexibility index (Phi) is 8.15. The summed E-state index contributed by atoms with van der Waals surface area (Å²) in [5.41, 5.74) is 3.20. The number of nitrogens with zero attached hydrogens (tertiary/aromatic N) is 4. The van der Waals surface area contributed by atoms with Crippen LogP contribution in [0, 0.1) is 0 Å². The number of hydrogen-bond donors (Lipinski definition) is 1. The van der Waals surface area contributed by atoms with E-state index >= 15 is 0 Å². The molecule has 35 heavy (non-hydrogen) atoms. The lowest BCUT2D eigenvalue weighted by atomic mass is 10.1. The van der Waals surface area contributed by atoms with Gasteiger partial charge >= 0.3 is 0 Å². The summed E-state index contributed by atoms with van der Waals surface area (Å²) >= 11 is 7.22. The fraction of sp³-hybridized carbons (Fsp3) is 0.385. The third-order valence-corrected chi connectivity index (χ3v) is 7.46. The van der Waals surface area contributed by atoms with Gasteiger partial charge in [0.25, 0.3) is 5.91 Å². The van der Waals surface area contributed by atoms with Crippen molar-refractivity contribution >= 4 is 40.4 Å². The third-order valence-electron chi connectivity index (χ3n) is 6.22. The fourth-order valence-electron chi connectivity index (χ4n) is 3.90. The molecule has 3 aromatic rings. The molecule has 2 heterocycles. The molecule has 7 nitrogen and oxygen atoms in total. The van der Waals surface area contributed by atoms with Gasteiger partial charge in [-0.15, -0.1) is 10.2 Å². The number of benzene rings is 2. The van der Waals surface area contributed by atoms with E-state index in [9.17, 15) is 9.59 Å². The summed E-state index contributed by atoms with van der Waals surface area (Å²) in [6.45, 7) is 5.62. The van der Waals surface area contributed by atoms with Gasteiger partial charge in [-0.2, -0.15) is 0 Å². The third kappa shape index (κ3) is 6.66. The summed E-state index contributed by atoms with van der Waals surface area (Å²) in [6.07, 6.45) is 1.77. The maximum Gasteiger partial charge on any atom is 0.282 e. The van der Waals surface area contributed by atoms with Crippen LogP contribution in [0.3, 0.4) is 0 Å². The second-order valence-electron chi connectivity index (χ2n) is 9.18. The molecule has 0 aliphatic carbocycles. The average molecular weight is 512 g/mol. The molecule has 0 bridgehead atoms. The van der Waals surface area contributed by atoms with E-state index in [2.05, 4.69) is 53.4 Å². The number of aromatic nitrogens is 2. The molecule has 1 atom stereocenters. The van der Waals surface area contributed by atoms with E-state index in [1.165, 1.54) is 16.9 Å². The summed E-state index contributed by atoms with van der Waals surface area (Å²) in [7, 11) is 2.09. The van der Waals surface area contributed by atoms with E-state index in [1.807, 2.05) is 36.4 Å². The van der Waals surface area contributed by atoms with Crippen molar-refractivity contribution in [2.45, 2.75) is 51.7 Å². The number of aryl methyl sites for hydroxylation is 2. The SMILES string of the molecule is CC(C)N(C)Cc1ccc(N2CC(NC(=O)c3nnc(CCc4ccc(Cl)cc4)s3)CC2=O)cc1. The first kappa shape index (κ1) is 25.3. The van der Waals surface area contributed by atoms with E-state index in [0.29, 0.717) is 29.0 Å². The van der Waals surface area contributed by atoms with E-state index in [-0.39, 0.29) is 24.3 Å². The van der Waals surface area contributed by atoms with Crippen molar-refractivity contribution in [3.8, 4) is 0 Å². The molecular weight excluding hydrogens is 482 g/mol. The van der Waals surface area contributed by atoms with Crippen LogP contribution in [-0.4, -0.2) is 52.6 Å². The molecule has 0 radical (unpaired) electrons. The molecular formula is C26H30ClN5O2S. The Morgan fingerprint density at radius 3 is 2.49 bits per heavy atom. The average Bonchev–Trinajstić information content (AvgIpc) is 3.46. The fourth-order valence-corrected chi connectivity index (χ4v) is 4.77. The van der Waals surface area contributed by atoms with Gasteiger partial charge in [0.1, 0.15) is 5.01 Å². The van der Waals surface area contributed by atoms with Crippen LogP contribution in [0.25, 0.3) is 0 Å². The lowest BCUT2D eigenvalue weighted by molar-refractivity contribution is -0.117. The largest absolute Gasteiger partial charge is 0.345 e. The van der Waals surface area contributed by atoms with Crippen molar-refractivity contribution in [2.75, 3.05) is 18.5 Å². The van der Waals surface area contributed by atoms with Crippen LogP contribution in [-0.2, 0) is 24.2 Å². The summed E-state index contributed by atoms with van der Waals surface area (Å²) in [5.74, 6) is -0.282. The minimum absolute atomic E-state index is 0.00302. The van der Waals surface area contributed by atoms with Crippen molar-refractivity contribution in [3.63, 3.8) is 0 Å². The number of carbonyl (C=O) groups excluding carboxylic acids is 2. The first-order chi connectivity index (χ1) is 16.8. The van der Waals surface area contributed by atoms with Crippen molar-refractivity contribution in [1.29, 1.82) is 0 Å². The van der Waals surface area contributed by atoms with Crippen LogP contribution in [0.4, 0.5) is 5.69 Å². The van der Waals surface area contributed by atoms with Crippen molar-refractivity contribution < 1.29 is 9.59 Å². The zero-order valence-electron chi connectivity index (χ0n) is 20.2. The molecule has 9 heteroatoms. The van der Waals surface area contributed by atoms with E-state index in [4.69, 9.17) is 11.6 Å². The number of amides is 2. The maximum absolute atomic E-state index is 12.7. The summed E-state index contributed by atoms with van der Waals surface area (Å²) in [6, 6.07) is 16.0. The highest BCUT2D eigenvalue weighted by Gasteiger charge is 2.32. The normalized spacial score (nSPS) is 15.9.